The van der Waals surface area contributed by atoms with Crippen molar-refractivity contribution in [3.63, 3.8) is 0 Å². The van der Waals surface area contributed by atoms with Crippen LogP contribution in [-0.4, -0.2) is 39.9 Å². The zero-order valence-electron chi connectivity index (χ0n) is 17.3. The lowest BCUT2D eigenvalue weighted by molar-refractivity contribution is -0.115. The molecule has 0 radical (unpaired) electrons. The Labute approximate surface area is 179 Å². The minimum atomic E-state index is -0.265. The zero-order valence-corrected chi connectivity index (χ0v) is 18.2. The van der Waals surface area contributed by atoms with Gasteiger partial charge in [-0.1, -0.05) is 19.9 Å². The van der Waals surface area contributed by atoms with Crippen LogP contribution < -0.4 is 10.1 Å². The molecule has 156 valence electrons. The number of benzene rings is 1. The number of nitriles is 1. The minimum absolute atomic E-state index is 0.0752. The molecule has 0 saturated carbocycles. The van der Waals surface area contributed by atoms with Gasteiger partial charge >= 0.3 is 0 Å². The predicted molar refractivity (Wildman–Crippen MR) is 119 cm³/mol. The number of hydrogen-bond donors (Lipinski definition) is 2. The van der Waals surface area contributed by atoms with Gasteiger partial charge in [-0.3, -0.25) is 14.8 Å². The molecular formula is C22H24N4O3S. The van der Waals surface area contributed by atoms with Crippen LogP contribution in [0.5, 0.6) is 5.75 Å². The number of carbonyl (C=O) groups is 1. The summed E-state index contributed by atoms with van der Waals surface area (Å²) in [7, 11) is 0. The highest BCUT2D eigenvalue weighted by molar-refractivity contribution is 8.18. The van der Waals surface area contributed by atoms with Crippen LogP contribution in [0.4, 0.5) is 0 Å². The fourth-order valence-corrected chi connectivity index (χ4v) is 3.79. The van der Waals surface area contributed by atoms with Crippen molar-refractivity contribution < 1.29 is 14.6 Å². The molecule has 30 heavy (non-hydrogen) atoms. The molecule has 2 N–H and O–H groups in total. The summed E-state index contributed by atoms with van der Waals surface area (Å²) in [5.74, 6) is 0.419. The maximum absolute atomic E-state index is 12.4. The van der Waals surface area contributed by atoms with Gasteiger partial charge in [-0.15, -0.1) is 0 Å². The van der Waals surface area contributed by atoms with Crippen LogP contribution in [0.1, 0.15) is 38.8 Å². The lowest BCUT2D eigenvalue weighted by atomic mass is 10.1. The van der Waals surface area contributed by atoms with Crippen molar-refractivity contribution in [1.29, 1.82) is 5.26 Å². The van der Waals surface area contributed by atoms with Crippen LogP contribution >= 0.6 is 11.8 Å². The summed E-state index contributed by atoms with van der Waals surface area (Å²) in [6.45, 7) is 7.66. The number of carbonyl (C=O) groups excluding carboxylic acids is 1. The summed E-state index contributed by atoms with van der Waals surface area (Å²) in [6.07, 6.45) is 3.18. The Morgan fingerprint density at radius 3 is 2.77 bits per heavy atom. The van der Waals surface area contributed by atoms with Crippen molar-refractivity contribution in [3.8, 4) is 11.8 Å². The Kier molecular flexibility index (Phi) is 6.75. The third kappa shape index (κ3) is 4.81. The Hall–Kier alpha value is -2.89. The van der Waals surface area contributed by atoms with Crippen molar-refractivity contribution in [1.82, 2.24) is 10.3 Å². The Morgan fingerprint density at radius 1 is 1.37 bits per heavy atom. The van der Waals surface area contributed by atoms with Gasteiger partial charge in [-0.2, -0.15) is 5.26 Å². The zero-order chi connectivity index (χ0) is 21.8. The van der Waals surface area contributed by atoms with Crippen LogP contribution in [0.15, 0.2) is 34.3 Å². The number of aromatic nitrogens is 1. The fourth-order valence-electron chi connectivity index (χ4n) is 2.91. The molecule has 1 amide bonds. The van der Waals surface area contributed by atoms with Crippen LogP contribution in [0, 0.1) is 17.2 Å². The molecule has 0 bridgehead atoms. The first-order valence-electron chi connectivity index (χ1n) is 9.71. The highest BCUT2D eigenvalue weighted by Gasteiger charge is 2.25. The number of nitrogens with zero attached hydrogens (tertiary/aromatic N) is 3. The summed E-state index contributed by atoms with van der Waals surface area (Å²) in [6, 6.07) is 7.42. The second-order valence-electron chi connectivity index (χ2n) is 7.55. The van der Waals surface area contributed by atoms with Crippen molar-refractivity contribution in [2.45, 2.75) is 39.8 Å². The number of aliphatic imine (C=N–C) groups is 1. The standard InChI is InChI=1S/C22H24N4O3S/c1-12(2)18(11-27)25-22-26-21(28)19(30-22)8-14-5-6-17-16(7-14)20(29-13(3)4)15(9-23)10-24-17/h5-8,10,12-13,18,27H,11H2,1-4H3,(H,25,26,28)/t18-/m0/s1. The number of pyridine rings is 1. The van der Waals surface area contributed by atoms with Crippen LogP contribution in [0.3, 0.4) is 0 Å². The van der Waals surface area contributed by atoms with Crippen LogP contribution in [-0.2, 0) is 4.79 Å². The second kappa shape index (κ2) is 9.28. The van der Waals surface area contributed by atoms with E-state index >= 15 is 0 Å². The number of aliphatic hydroxyl groups is 1. The third-order valence-corrected chi connectivity index (χ3v) is 5.43. The van der Waals surface area contributed by atoms with Gasteiger partial charge in [0.2, 0.25) is 0 Å². The number of amides is 1. The number of aliphatic hydroxyl groups excluding tert-OH is 1. The van der Waals surface area contributed by atoms with Gasteiger partial charge in [0.05, 0.1) is 29.2 Å². The normalized spacial score (nSPS) is 17.7. The smallest absolute Gasteiger partial charge is 0.264 e. The largest absolute Gasteiger partial charge is 0.489 e. The lowest BCUT2D eigenvalue weighted by Gasteiger charge is -2.14. The summed E-state index contributed by atoms with van der Waals surface area (Å²) in [5, 5.41) is 22.8. The molecule has 0 aliphatic carbocycles. The topological polar surface area (TPSA) is 108 Å². The van der Waals surface area contributed by atoms with E-state index in [1.165, 1.54) is 18.0 Å². The van der Waals surface area contributed by atoms with E-state index < -0.39 is 0 Å². The van der Waals surface area contributed by atoms with Gasteiger partial charge in [0, 0.05) is 11.6 Å². The number of rotatable bonds is 6. The first-order valence-corrected chi connectivity index (χ1v) is 10.5. The van der Waals surface area contributed by atoms with E-state index in [4.69, 9.17) is 4.74 Å². The van der Waals surface area contributed by atoms with E-state index in [9.17, 15) is 15.2 Å². The van der Waals surface area contributed by atoms with E-state index in [1.807, 2.05) is 45.9 Å². The Bertz CT molecular complexity index is 1070. The molecule has 1 aromatic heterocycles. The molecule has 2 heterocycles. The lowest BCUT2D eigenvalue weighted by Crippen LogP contribution is -2.25. The Balaban J connectivity index is 1.97. The molecule has 1 fully saturated rings. The van der Waals surface area contributed by atoms with Crippen molar-refractivity contribution in [2.75, 3.05) is 6.61 Å². The van der Waals surface area contributed by atoms with E-state index in [0.717, 1.165) is 10.9 Å². The van der Waals surface area contributed by atoms with E-state index in [0.29, 0.717) is 26.9 Å². The van der Waals surface area contributed by atoms with Gasteiger partial charge < -0.3 is 15.2 Å². The average molecular weight is 425 g/mol. The minimum Gasteiger partial charge on any atom is -0.489 e. The van der Waals surface area contributed by atoms with Gasteiger partial charge in [0.25, 0.3) is 5.91 Å². The molecule has 7 nitrogen and oxygen atoms in total. The fraction of sp³-hybridized carbons (Fsp3) is 0.364. The molecule has 1 aliphatic heterocycles. The van der Waals surface area contributed by atoms with Gasteiger partial charge in [0.1, 0.15) is 17.4 Å². The highest BCUT2D eigenvalue weighted by atomic mass is 32.2. The van der Waals surface area contributed by atoms with Gasteiger partial charge in [-0.25, -0.2) is 0 Å². The summed E-state index contributed by atoms with van der Waals surface area (Å²) in [4.78, 5) is 21.7. The molecule has 8 heteroatoms. The number of nitrogens with one attached hydrogen (secondary N) is 1. The first kappa shape index (κ1) is 21.8. The first-order chi connectivity index (χ1) is 14.3. The average Bonchev–Trinajstić information content (AvgIpc) is 3.04. The quantitative estimate of drug-likeness (QED) is 0.688. The highest BCUT2D eigenvalue weighted by Crippen LogP contribution is 2.32. The third-order valence-electron chi connectivity index (χ3n) is 4.50. The van der Waals surface area contributed by atoms with Crippen LogP contribution in [0.2, 0.25) is 0 Å². The number of ether oxygens (including phenoxy) is 1. The monoisotopic (exact) mass is 424 g/mol. The Morgan fingerprint density at radius 2 is 2.13 bits per heavy atom. The summed E-state index contributed by atoms with van der Waals surface area (Å²) >= 11 is 1.24. The SMILES string of the molecule is CC(C)Oc1c(C#N)cnc2ccc(C=C3SC(=N[C@@H](CO)C(C)C)NC3=O)cc12. The summed E-state index contributed by atoms with van der Waals surface area (Å²) in [5.41, 5.74) is 1.86. The number of thioether (sulfide) groups is 1. The molecular weight excluding hydrogens is 400 g/mol. The van der Waals surface area contributed by atoms with Crippen molar-refractivity contribution in [3.05, 3.63) is 40.4 Å². The molecule has 1 aliphatic rings. The molecule has 1 saturated heterocycles. The number of hydrogen-bond acceptors (Lipinski definition) is 7. The summed E-state index contributed by atoms with van der Waals surface area (Å²) < 4.78 is 5.88. The number of amidine groups is 1. The van der Waals surface area contributed by atoms with Crippen molar-refractivity contribution >= 4 is 39.8 Å². The van der Waals surface area contributed by atoms with Gasteiger partial charge in [-0.05, 0) is 55.3 Å². The molecule has 0 spiro atoms. The maximum atomic E-state index is 12.4. The van der Waals surface area contributed by atoms with E-state index in [2.05, 4.69) is 21.4 Å². The molecule has 1 aromatic carbocycles. The molecule has 2 aromatic rings. The van der Waals surface area contributed by atoms with Crippen molar-refractivity contribution in [2.24, 2.45) is 10.9 Å². The predicted octanol–water partition coefficient (Wildman–Crippen LogP) is 3.47. The maximum Gasteiger partial charge on any atom is 0.264 e. The molecule has 3 rings (SSSR count). The van der Waals surface area contributed by atoms with E-state index in [-0.39, 0.29) is 30.6 Å². The van der Waals surface area contributed by atoms with Crippen LogP contribution in [0.25, 0.3) is 17.0 Å². The second-order valence-corrected chi connectivity index (χ2v) is 8.58. The van der Waals surface area contributed by atoms with E-state index in [1.54, 1.807) is 6.08 Å². The molecule has 1 atom stereocenters. The van der Waals surface area contributed by atoms with Gasteiger partial charge in [0.15, 0.2) is 5.17 Å². The number of fused-ring (bicyclic) bond motifs is 1. The molecule has 0 unspecified atom stereocenters.